The van der Waals surface area contributed by atoms with Gasteiger partial charge in [0.15, 0.2) is 11.5 Å². The fourth-order valence-electron chi connectivity index (χ4n) is 4.90. The van der Waals surface area contributed by atoms with Gasteiger partial charge in [-0.15, -0.1) is 0 Å². The van der Waals surface area contributed by atoms with E-state index in [9.17, 15) is 0 Å². The molecule has 2 heterocycles. The van der Waals surface area contributed by atoms with Gasteiger partial charge in [0.2, 0.25) is 0 Å². The van der Waals surface area contributed by atoms with Crippen LogP contribution in [0.4, 0.5) is 0 Å². The van der Waals surface area contributed by atoms with E-state index >= 15 is 0 Å². The molecule has 5 nitrogen and oxygen atoms in total. The number of hydrogen-bond donors (Lipinski definition) is 0. The molecule has 1 unspecified atom stereocenters. The number of ether oxygens (including phenoxy) is 4. The second-order valence-corrected chi connectivity index (χ2v) is 9.62. The van der Waals surface area contributed by atoms with E-state index in [-0.39, 0.29) is 23.9 Å². The van der Waals surface area contributed by atoms with Crippen molar-refractivity contribution in [1.29, 1.82) is 0 Å². The minimum Gasteiger partial charge on any atom is -0.493 e. The van der Waals surface area contributed by atoms with Gasteiger partial charge in [0, 0.05) is 43.6 Å². The van der Waals surface area contributed by atoms with Crippen LogP contribution in [0.5, 0.6) is 17.2 Å². The maximum absolute atomic E-state index is 6.68. The van der Waals surface area contributed by atoms with Crippen LogP contribution in [-0.4, -0.2) is 49.0 Å². The Labute approximate surface area is 198 Å². The number of benzene rings is 2. The summed E-state index contributed by atoms with van der Waals surface area (Å²) in [6, 6.07) is 14.4. The van der Waals surface area contributed by atoms with Crippen molar-refractivity contribution in [3.05, 3.63) is 60.2 Å². The van der Waals surface area contributed by atoms with Crippen LogP contribution in [0.2, 0.25) is 0 Å². The number of fused-ring (bicyclic) bond motifs is 1. The summed E-state index contributed by atoms with van der Waals surface area (Å²) in [6.45, 7) is 14.4. The molecular weight excluding hydrogens is 414 g/mol. The Morgan fingerprint density at radius 2 is 1.76 bits per heavy atom. The average molecular weight is 452 g/mol. The van der Waals surface area contributed by atoms with Crippen LogP contribution in [0.1, 0.15) is 51.7 Å². The summed E-state index contributed by atoms with van der Waals surface area (Å²) < 4.78 is 24.5. The number of methoxy groups -OCH3 is 1. The normalized spacial score (nSPS) is 19.4. The zero-order valence-corrected chi connectivity index (χ0v) is 20.6. The molecule has 2 aliphatic heterocycles. The van der Waals surface area contributed by atoms with Crippen LogP contribution in [0.15, 0.2) is 49.0 Å². The first-order valence-electron chi connectivity index (χ1n) is 12.0. The van der Waals surface area contributed by atoms with E-state index in [0.29, 0.717) is 0 Å². The lowest BCUT2D eigenvalue weighted by atomic mass is 9.80. The summed E-state index contributed by atoms with van der Waals surface area (Å²) in [7, 11) is 1.67. The lowest BCUT2D eigenvalue weighted by molar-refractivity contribution is -0.140. The first kappa shape index (κ1) is 23.5. The highest BCUT2D eigenvalue weighted by Gasteiger charge is 2.48. The van der Waals surface area contributed by atoms with Crippen molar-refractivity contribution in [2.45, 2.75) is 70.9 Å². The maximum atomic E-state index is 6.68. The van der Waals surface area contributed by atoms with E-state index < -0.39 is 0 Å². The number of piperidine rings is 1. The van der Waals surface area contributed by atoms with Crippen molar-refractivity contribution in [3.8, 4) is 17.2 Å². The molecule has 1 spiro atoms. The molecule has 4 rings (SSSR count). The smallest absolute Gasteiger partial charge is 0.161 e. The molecule has 0 saturated carbocycles. The van der Waals surface area contributed by atoms with Crippen molar-refractivity contribution < 1.29 is 18.9 Å². The number of para-hydroxylation sites is 1. The molecule has 0 N–H and O–H groups in total. The molecule has 2 aromatic carbocycles. The van der Waals surface area contributed by atoms with Crippen LogP contribution in [0.3, 0.4) is 0 Å². The van der Waals surface area contributed by atoms with Crippen molar-refractivity contribution in [2.75, 3.05) is 20.2 Å². The molecule has 178 valence electrons. The molecule has 2 aromatic rings. The average Bonchev–Trinajstić information content (AvgIpc) is 2.79. The van der Waals surface area contributed by atoms with Crippen molar-refractivity contribution >= 4 is 5.70 Å². The summed E-state index contributed by atoms with van der Waals surface area (Å²) in [4.78, 5) is 2.35. The van der Waals surface area contributed by atoms with E-state index in [0.717, 1.165) is 60.9 Å². The fraction of sp³-hybridized carbons (Fsp3) is 0.500. The summed E-state index contributed by atoms with van der Waals surface area (Å²) in [6.07, 6.45) is 2.98. The molecule has 1 atom stereocenters. The highest BCUT2D eigenvalue weighted by Crippen LogP contribution is 2.42. The lowest BCUT2D eigenvalue weighted by Crippen LogP contribution is -2.58. The van der Waals surface area contributed by atoms with Gasteiger partial charge in [-0.2, -0.15) is 0 Å². The first-order chi connectivity index (χ1) is 15.8. The number of nitrogens with zero attached hydrogens (tertiary/aromatic N) is 1. The van der Waals surface area contributed by atoms with E-state index in [1.807, 2.05) is 32.0 Å². The molecule has 0 bridgehead atoms. The second-order valence-electron chi connectivity index (χ2n) is 9.62. The van der Waals surface area contributed by atoms with Crippen molar-refractivity contribution in [2.24, 2.45) is 0 Å². The molecular formula is C28H37NO4. The second kappa shape index (κ2) is 9.68. The Hall–Kier alpha value is -2.66. The van der Waals surface area contributed by atoms with Crippen LogP contribution in [0.25, 0.3) is 5.70 Å². The molecule has 0 aromatic heterocycles. The highest BCUT2D eigenvalue weighted by atomic mass is 16.6. The molecule has 2 aliphatic rings. The maximum Gasteiger partial charge on any atom is 0.161 e. The zero-order valence-electron chi connectivity index (χ0n) is 20.6. The van der Waals surface area contributed by atoms with Gasteiger partial charge < -0.3 is 23.8 Å². The van der Waals surface area contributed by atoms with Gasteiger partial charge in [0.1, 0.15) is 17.5 Å². The van der Waals surface area contributed by atoms with Crippen LogP contribution in [0, 0.1) is 0 Å². The van der Waals surface area contributed by atoms with Crippen LogP contribution < -0.4 is 14.2 Å². The van der Waals surface area contributed by atoms with E-state index in [4.69, 9.17) is 18.9 Å². The first-order valence-corrected chi connectivity index (χ1v) is 12.0. The zero-order chi connectivity index (χ0) is 23.6. The Balaban J connectivity index is 1.50. The largest absolute Gasteiger partial charge is 0.493 e. The Kier molecular flexibility index (Phi) is 6.89. The monoisotopic (exact) mass is 451 g/mol. The molecule has 0 radical (unpaired) electrons. The Morgan fingerprint density at radius 3 is 2.42 bits per heavy atom. The van der Waals surface area contributed by atoms with E-state index in [1.54, 1.807) is 7.11 Å². The van der Waals surface area contributed by atoms with Gasteiger partial charge >= 0.3 is 0 Å². The molecule has 0 amide bonds. The summed E-state index contributed by atoms with van der Waals surface area (Å²) in [5.41, 5.74) is 2.97. The number of hydrogen-bond acceptors (Lipinski definition) is 5. The third kappa shape index (κ3) is 4.98. The molecule has 1 fully saturated rings. The molecule has 1 saturated heterocycles. The summed E-state index contributed by atoms with van der Waals surface area (Å²) in [5, 5.41) is 0. The Bertz CT molecular complexity index is 976. The highest BCUT2D eigenvalue weighted by molar-refractivity contribution is 5.65. The number of likely N-dealkylation sites (tertiary alicyclic amines) is 1. The van der Waals surface area contributed by atoms with Crippen LogP contribution >= 0.6 is 0 Å². The SMILES string of the molecule is C=C(c1ccc(OC(C)C)c(OC)c1)N1CCC2(CC1)Oc1ccccc1CC2OC(C)C. The van der Waals surface area contributed by atoms with Crippen molar-refractivity contribution in [3.63, 3.8) is 0 Å². The molecule has 0 aliphatic carbocycles. The van der Waals surface area contributed by atoms with E-state index in [2.05, 4.69) is 49.6 Å². The predicted molar refractivity (Wildman–Crippen MR) is 132 cm³/mol. The van der Waals surface area contributed by atoms with Gasteiger partial charge in [0.25, 0.3) is 0 Å². The quantitative estimate of drug-likeness (QED) is 0.539. The van der Waals surface area contributed by atoms with Crippen LogP contribution in [-0.2, 0) is 11.2 Å². The summed E-state index contributed by atoms with van der Waals surface area (Å²) in [5.74, 6) is 2.48. The standard InChI is InChI=1S/C28H37NO4/c1-19(2)31-25-12-11-22(17-26(25)30-6)21(5)29-15-13-28(14-16-29)27(32-20(3)4)18-23-9-7-8-10-24(23)33-28/h7-12,17,19-20,27H,5,13-16,18H2,1-4,6H3. The third-order valence-corrected chi connectivity index (χ3v) is 6.57. The summed E-state index contributed by atoms with van der Waals surface area (Å²) >= 11 is 0. The number of rotatable bonds is 7. The van der Waals surface area contributed by atoms with Gasteiger partial charge in [-0.3, -0.25) is 0 Å². The fourth-order valence-corrected chi connectivity index (χ4v) is 4.90. The predicted octanol–water partition coefficient (Wildman–Crippen LogP) is 5.72. The lowest BCUT2D eigenvalue weighted by Gasteiger charge is -2.50. The minimum absolute atomic E-state index is 0.0513. The van der Waals surface area contributed by atoms with Crippen molar-refractivity contribution in [1.82, 2.24) is 4.90 Å². The molecule has 33 heavy (non-hydrogen) atoms. The topological polar surface area (TPSA) is 40.2 Å². The molecule has 5 heteroatoms. The van der Waals surface area contributed by atoms with Gasteiger partial charge in [-0.25, -0.2) is 0 Å². The minimum atomic E-state index is -0.304. The van der Waals surface area contributed by atoms with Gasteiger partial charge in [-0.1, -0.05) is 24.8 Å². The van der Waals surface area contributed by atoms with Gasteiger partial charge in [0.05, 0.1) is 19.3 Å². The van der Waals surface area contributed by atoms with E-state index in [1.165, 1.54) is 5.56 Å². The van der Waals surface area contributed by atoms with Gasteiger partial charge in [-0.05, 0) is 57.5 Å². The third-order valence-electron chi connectivity index (χ3n) is 6.57. The Morgan fingerprint density at radius 1 is 1.03 bits per heavy atom.